The molecule has 2 N–H and O–H groups in total. The number of aliphatic carboxylic acids is 1. The summed E-state index contributed by atoms with van der Waals surface area (Å²) in [7, 11) is 0. The number of nitrogens with one attached hydrogen (secondary N) is 1. The molecule has 2 rings (SSSR count). The van der Waals surface area contributed by atoms with E-state index in [1.54, 1.807) is 17.4 Å². The molecule has 0 spiro atoms. The maximum absolute atomic E-state index is 11.3. The topological polar surface area (TPSA) is 49.3 Å². The summed E-state index contributed by atoms with van der Waals surface area (Å²) in [5, 5.41) is 14.2. The minimum absolute atomic E-state index is 0.530. The Morgan fingerprint density at radius 3 is 2.89 bits per heavy atom. The van der Waals surface area contributed by atoms with Crippen LogP contribution in [0.15, 0.2) is 28.1 Å². The van der Waals surface area contributed by atoms with Crippen LogP contribution in [0.1, 0.15) is 15.8 Å². The summed E-state index contributed by atoms with van der Waals surface area (Å²) >= 11 is 12.1. The van der Waals surface area contributed by atoms with Crippen LogP contribution in [0, 0.1) is 0 Å². The van der Waals surface area contributed by atoms with Gasteiger partial charge in [-0.05, 0) is 33.4 Å². The Kier molecular flexibility index (Phi) is 4.80. The van der Waals surface area contributed by atoms with Crippen molar-refractivity contribution in [1.82, 2.24) is 5.32 Å². The van der Waals surface area contributed by atoms with Gasteiger partial charge < -0.3 is 5.11 Å². The fourth-order valence-corrected chi connectivity index (χ4v) is 3.89. The average molecular weight is 367 g/mol. The molecule has 1 unspecified atom stereocenters. The maximum Gasteiger partial charge on any atom is 0.326 e. The Morgan fingerprint density at radius 1 is 1.61 bits per heavy atom. The highest BCUT2D eigenvalue weighted by atomic mass is 79.9. The second-order valence-corrected chi connectivity index (χ2v) is 7.07. The number of carboxylic acid groups (broad SMARTS) is 1. The van der Waals surface area contributed by atoms with E-state index in [0.717, 1.165) is 9.35 Å². The van der Waals surface area contributed by atoms with Crippen molar-refractivity contribution in [1.29, 1.82) is 0 Å². The minimum atomic E-state index is -0.906. The van der Waals surface area contributed by atoms with E-state index < -0.39 is 12.0 Å². The monoisotopic (exact) mass is 365 g/mol. The number of carboxylic acids is 1. The standard InChI is InChI=1S/C11H9BrClNO2S2/c12-7-4-8(18-10(7)13)9(11(15)16)14-5-6-2-1-3-17-6/h1-4,9,14H,5H2,(H,15,16). The van der Waals surface area contributed by atoms with Crippen LogP contribution in [0.3, 0.4) is 0 Å². The second kappa shape index (κ2) is 6.16. The molecule has 0 fully saturated rings. The lowest BCUT2D eigenvalue weighted by molar-refractivity contribution is -0.139. The predicted molar refractivity (Wildman–Crippen MR) is 78.6 cm³/mol. The fraction of sp³-hybridized carbons (Fsp3) is 0.182. The predicted octanol–water partition coefficient (Wildman–Crippen LogP) is 4.14. The zero-order chi connectivity index (χ0) is 13.1. The molecule has 0 aliphatic carbocycles. The fourth-order valence-electron chi connectivity index (χ4n) is 1.43. The second-order valence-electron chi connectivity index (χ2n) is 3.50. The van der Waals surface area contributed by atoms with Crippen molar-refractivity contribution in [2.45, 2.75) is 12.6 Å². The van der Waals surface area contributed by atoms with Crippen LogP contribution in [0.5, 0.6) is 0 Å². The molecule has 0 aliphatic heterocycles. The molecule has 0 saturated heterocycles. The van der Waals surface area contributed by atoms with E-state index in [4.69, 9.17) is 11.6 Å². The first kappa shape index (κ1) is 14.0. The molecule has 0 radical (unpaired) electrons. The average Bonchev–Trinajstić information content (AvgIpc) is 2.90. The molecule has 96 valence electrons. The van der Waals surface area contributed by atoms with Crippen LogP contribution in [-0.2, 0) is 11.3 Å². The largest absolute Gasteiger partial charge is 0.480 e. The smallest absolute Gasteiger partial charge is 0.326 e. The lowest BCUT2D eigenvalue weighted by Crippen LogP contribution is -2.27. The lowest BCUT2D eigenvalue weighted by atomic mass is 10.2. The summed E-state index contributed by atoms with van der Waals surface area (Å²) in [6.07, 6.45) is 0. The van der Waals surface area contributed by atoms with Gasteiger partial charge >= 0.3 is 5.97 Å². The third-order valence-electron chi connectivity index (χ3n) is 2.26. The highest BCUT2D eigenvalue weighted by molar-refractivity contribution is 9.10. The molecule has 0 saturated carbocycles. The summed E-state index contributed by atoms with van der Waals surface area (Å²) in [6.45, 7) is 0.530. The van der Waals surface area contributed by atoms with E-state index in [2.05, 4.69) is 21.2 Å². The molecule has 0 aliphatic rings. The molecule has 0 bridgehead atoms. The highest BCUT2D eigenvalue weighted by Crippen LogP contribution is 2.35. The zero-order valence-corrected chi connectivity index (χ0v) is 13.0. The maximum atomic E-state index is 11.3. The van der Waals surface area contributed by atoms with E-state index in [-0.39, 0.29) is 0 Å². The molecule has 1 atom stereocenters. The minimum Gasteiger partial charge on any atom is -0.480 e. The van der Waals surface area contributed by atoms with Gasteiger partial charge in [-0.3, -0.25) is 10.1 Å². The molecule has 2 aromatic rings. The molecular formula is C11H9BrClNO2S2. The summed E-state index contributed by atoms with van der Waals surface area (Å²) in [4.78, 5) is 13.1. The number of carbonyl (C=O) groups is 1. The van der Waals surface area contributed by atoms with Crippen LogP contribution < -0.4 is 5.32 Å². The van der Waals surface area contributed by atoms with Gasteiger partial charge in [0.2, 0.25) is 0 Å². The van der Waals surface area contributed by atoms with Crippen molar-refractivity contribution >= 4 is 56.2 Å². The van der Waals surface area contributed by atoms with Crippen LogP contribution in [-0.4, -0.2) is 11.1 Å². The molecule has 2 heterocycles. The molecule has 0 aromatic carbocycles. The lowest BCUT2D eigenvalue weighted by Gasteiger charge is -2.11. The number of thiophene rings is 2. The molecular weight excluding hydrogens is 358 g/mol. The van der Waals surface area contributed by atoms with Crippen molar-refractivity contribution in [2.75, 3.05) is 0 Å². The van der Waals surface area contributed by atoms with Gasteiger partial charge in [0.1, 0.15) is 10.4 Å². The first-order valence-corrected chi connectivity index (χ1v) is 7.88. The van der Waals surface area contributed by atoms with Crippen LogP contribution in [0.4, 0.5) is 0 Å². The van der Waals surface area contributed by atoms with E-state index in [9.17, 15) is 9.90 Å². The van der Waals surface area contributed by atoms with Crippen molar-refractivity contribution in [2.24, 2.45) is 0 Å². The number of rotatable bonds is 5. The van der Waals surface area contributed by atoms with Gasteiger partial charge in [0.05, 0.1) is 0 Å². The number of hydrogen-bond donors (Lipinski definition) is 2. The Morgan fingerprint density at radius 2 is 2.39 bits per heavy atom. The molecule has 3 nitrogen and oxygen atoms in total. The first-order valence-electron chi connectivity index (χ1n) is 5.01. The third-order valence-corrected chi connectivity index (χ3v) is 5.67. The normalized spacial score (nSPS) is 12.6. The van der Waals surface area contributed by atoms with Crippen LogP contribution in [0.2, 0.25) is 4.34 Å². The quantitative estimate of drug-likeness (QED) is 0.836. The summed E-state index contributed by atoms with van der Waals surface area (Å²) in [5.74, 6) is -0.906. The Labute approximate surface area is 126 Å². The van der Waals surface area contributed by atoms with E-state index >= 15 is 0 Å². The molecule has 7 heteroatoms. The summed E-state index contributed by atoms with van der Waals surface area (Å²) in [5.41, 5.74) is 0. The Hall–Kier alpha value is -0.400. The van der Waals surface area contributed by atoms with Crippen molar-refractivity contribution in [3.63, 3.8) is 0 Å². The van der Waals surface area contributed by atoms with Crippen LogP contribution in [0.25, 0.3) is 0 Å². The van der Waals surface area contributed by atoms with Gasteiger partial charge in [0, 0.05) is 20.8 Å². The van der Waals surface area contributed by atoms with Crippen molar-refractivity contribution in [3.05, 3.63) is 42.1 Å². The third kappa shape index (κ3) is 3.33. The molecule has 0 amide bonds. The number of hydrogen-bond acceptors (Lipinski definition) is 4. The zero-order valence-electron chi connectivity index (χ0n) is 9.02. The van der Waals surface area contributed by atoms with E-state index in [1.165, 1.54) is 11.3 Å². The Balaban J connectivity index is 2.11. The van der Waals surface area contributed by atoms with Gasteiger partial charge in [-0.1, -0.05) is 17.7 Å². The van der Waals surface area contributed by atoms with Crippen LogP contribution >= 0.6 is 50.2 Å². The van der Waals surface area contributed by atoms with Crippen molar-refractivity contribution in [3.8, 4) is 0 Å². The Bertz CT molecular complexity index is 522. The van der Waals surface area contributed by atoms with Gasteiger partial charge in [-0.2, -0.15) is 0 Å². The van der Waals surface area contributed by atoms with E-state index in [1.807, 2.05) is 17.5 Å². The molecule has 18 heavy (non-hydrogen) atoms. The summed E-state index contributed by atoms with van der Waals surface area (Å²) in [6, 6.07) is 4.91. The summed E-state index contributed by atoms with van der Waals surface area (Å²) < 4.78 is 1.29. The van der Waals surface area contributed by atoms with E-state index in [0.29, 0.717) is 15.8 Å². The van der Waals surface area contributed by atoms with Gasteiger partial charge in [0.25, 0.3) is 0 Å². The number of halogens is 2. The van der Waals surface area contributed by atoms with Gasteiger partial charge in [0.15, 0.2) is 0 Å². The van der Waals surface area contributed by atoms with Gasteiger partial charge in [-0.25, -0.2) is 0 Å². The van der Waals surface area contributed by atoms with Gasteiger partial charge in [-0.15, -0.1) is 22.7 Å². The SMILES string of the molecule is O=C(O)C(NCc1cccs1)c1cc(Br)c(Cl)s1. The highest BCUT2D eigenvalue weighted by Gasteiger charge is 2.22. The first-order chi connectivity index (χ1) is 8.58. The molecule has 2 aromatic heterocycles. The van der Waals surface area contributed by atoms with Crippen molar-refractivity contribution < 1.29 is 9.90 Å².